The van der Waals surface area contributed by atoms with Crippen LogP contribution in [0.3, 0.4) is 0 Å². The Morgan fingerprint density at radius 1 is 1.19 bits per heavy atom. The summed E-state index contributed by atoms with van der Waals surface area (Å²) in [6.07, 6.45) is 4.06. The highest BCUT2D eigenvalue weighted by atomic mass is 32.1. The lowest BCUT2D eigenvalue weighted by molar-refractivity contribution is 0.111. The van der Waals surface area contributed by atoms with E-state index < -0.39 is 6.10 Å². The minimum Gasteiger partial charge on any atom is -0.386 e. The Bertz CT molecular complexity index is 676. The van der Waals surface area contributed by atoms with E-state index in [9.17, 15) is 5.11 Å². The number of aliphatic hydroxyl groups is 1. The molecule has 0 aliphatic carbocycles. The zero-order valence-electron chi connectivity index (χ0n) is 11.9. The number of aliphatic hydroxyl groups excluding tert-OH is 1. The highest BCUT2D eigenvalue weighted by molar-refractivity contribution is 7.13. The van der Waals surface area contributed by atoms with E-state index in [1.165, 1.54) is 0 Å². The van der Waals surface area contributed by atoms with Gasteiger partial charge in [0, 0.05) is 12.4 Å². The number of nitrogens with zero attached hydrogens (tertiary/aromatic N) is 2. The predicted molar refractivity (Wildman–Crippen MR) is 86.3 cm³/mol. The molecule has 108 valence electrons. The van der Waals surface area contributed by atoms with E-state index >= 15 is 0 Å². The molecule has 0 aliphatic heterocycles. The van der Waals surface area contributed by atoms with Crippen LogP contribution in [0.25, 0.3) is 10.7 Å². The van der Waals surface area contributed by atoms with Crippen molar-refractivity contribution in [3.05, 3.63) is 65.8 Å². The first-order chi connectivity index (χ1) is 10.3. The molecular weight excluding hydrogens is 280 g/mol. The molecule has 2 atom stereocenters. The number of aromatic nitrogens is 2. The van der Waals surface area contributed by atoms with Crippen molar-refractivity contribution in [1.82, 2.24) is 9.55 Å². The molecule has 21 heavy (non-hydrogen) atoms. The molecule has 3 aromatic rings. The Balaban J connectivity index is 1.96. The minimum absolute atomic E-state index is 0.0213. The fourth-order valence-corrected chi connectivity index (χ4v) is 3.35. The van der Waals surface area contributed by atoms with E-state index in [-0.39, 0.29) is 6.04 Å². The summed E-state index contributed by atoms with van der Waals surface area (Å²) in [5.41, 5.74) is 0.940. The monoisotopic (exact) mass is 298 g/mol. The Kier molecular flexibility index (Phi) is 4.18. The summed E-state index contributed by atoms with van der Waals surface area (Å²) in [5, 5.41) is 12.8. The van der Waals surface area contributed by atoms with Gasteiger partial charge in [-0.15, -0.1) is 11.3 Å². The van der Waals surface area contributed by atoms with E-state index in [0.717, 1.165) is 22.7 Å². The molecule has 0 aliphatic rings. The highest BCUT2D eigenvalue weighted by Gasteiger charge is 2.23. The summed E-state index contributed by atoms with van der Waals surface area (Å²) in [7, 11) is 0. The molecule has 0 spiro atoms. The van der Waals surface area contributed by atoms with Crippen LogP contribution < -0.4 is 0 Å². The van der Waals surface area contributed by atoms with Crippen molar-refractivity contribution >= 4 is 11.3 Å². The number of hydrogen-bond donors (Lipinski definition) is 1. The predicted octanol–water partition coefficient (Wildman–Crippen LogP) is 4.30. The summed E-state index contributed by atoms with van der Waals surface area (Å²) in [6, 6.07) is 13.9. The third-order valence-corrected chi connectivity index (χ3v) is 4.56. The van der Waals surface area contributed by atoms with Gasteiger partial charge in [0.15, 0.2) is 0 Å². The Labute approximate surface area is 128 Å². The van der Waals surface area contributed by atoms with Gasteiger partial charge in [-0.1, -0.05) is 43.3 Å². The number of imidazole rings is 1. The molecule has 3 rings (SSSR count). The van der Waals surface area contributed by atoms with Crippen molar-refractivity contribution in [2.75, 3.05) is 0 Å². The second-order valence-corrected chi connectivity index (χ2v) is 5.91. The first kappa shape index (κ1) is 14.0. The first-order valence-corrected chi connectivity index (χ1v) is 7.99. The van der Waals surface area contributed by atoms with Crippen LogP contribution in [0.2, 0.25) is 0 Å². The molecule has 2 unspecified atom stereocenters. The smallest absolute Gasteiger partial charge is 0.150 e. The van der Waals surface area contributed by atoms with Gasteiger partial charge < -0.3 is 9.67 Å². The van der Waals surface area contributed by atoms with E-state index in [1.54, 1.807) is 17.5 Å². The van der Waals surface area contributed by atoms with E-state index in [0.29, 0.717) is 0 Å². The van der Waals surface area contributed by atoms with Crippen molar-refractivity contribution < 1.29 is 5.11 Å². The van der Waals surface area contributed by atoms with Crippen LogP contribution >= 0.6 is 11.3 Å². The standard InChI is InChI=1S/C17H18N2OS/c1-2-14(16(20)13-7-4-3-5-8-13)19-11-10-18-17(19)15-9-6-12-21-15/h3-12,14,16,20H,2H2,1H3. The average molecular weight is 298 g/mol. The van der Waals surface area contributed by atoms with Crippen LogP contribution in [-0.4, -0.2) is 14.7 Å². The zero-order chi connectivity index (χ0) is 14.7. The summed E-state index contributed by atoms with van der Waals surface area (Å²) in [4.78, 5) is 5.59. The minimum atomic E-state index is -0.538. The summed E-state index contributed by atoms with van der Waals surface area (Å²) in [5.74, 6) is 0.923. The summed E-state index contributed by atoms with van der Waals surface area (Å²) in [6.45, 7) is 2.09. The van der Waals surface area contributed by atoms with Gasteiger partial charge in [-0.25, -0.2) is 4.98 Å². The largest absolute Gasteiger partial charge is 0.386 e. The van der Waals surface area contributed by atoms with Crippen LogP contribution in [0.5, 0.6) is 0 Å². The summed E-state index contributed by atoms with van der Waals surface area (Å²) < 4.78 is 2.09. The van der Waals surface area contributed by atoms with Crippen LogP contribution in [0.1, 0.15) is 31.1 Å². The highest BCUT2D eigenvalue weighted by Crippen LogP contribution is 2.33. The van der Waals surface area contributed by atoms with Crippen molar-refractivity contribution in [3.63, 3.8) is 0 Å². The quantitative estimate of drug-likeness (QED) is 0.762. The van der Waals surface area contributed by atoms with Gasteiger partial charge in [0.05, 0.1) is 17.0 Å². The lowest BCUT2D eigenvalue weighted by atomic mass is 10.00. The second kappa shape index (κ2) is 6.24. The van der Waals surface area contributed by atoms with Crippen LogP contribution in [0.4, 0.5) is 0 Å². The third kappa shape index (κ3) is 2.77. The molecule has 0 fully saturated rings. The van der Waals surface area contributed by atoms with Gasteiger partial charge in [0.1, 0.15) is 5.82 Å². The average Bonchev–Trinajstić information content (AvgIpc) is 3.19. The third-order valence-electron chi connectivity index (χ3n) is 3.69. The van der Waals surface area contributed by atoms with E-state index in [4.69, 9.17) is 0 Å². The number of rotatable bonds is 5. The van der Waals surface area contributed by atoms with Gasteiger partial charge >= 0.3 is 0 Å². The van der Waals surface area contributed by atoms with E-state index in [1.807, 2.05) is 48.0 Å². The molecule has 0 amide bonds. The molecule has 0 radical (unpaired) electrons. The van der Waals surface area contributed by atoms with Gasteiger partial charge in [-0.05, 0) is 23.4 Å². The van der Waals surface area contributed by atoms with Crippen molar-refractivity contribution in [2.24, 2.45) is 0 Å². The maximum atomic E-state index is 10.7. The van der Waals surface area contributed by atoms with Crippen molar-refractivity contribution in [3.8, 4) is 10.7 Å². The number of hydrogen-bond acceptors (Lipinski definition) is 3. The van der Waals surface area contributed by atoms with Crippen molar-refractivity contribution in [1.29, 1.82) is 0 Å². The molecule has 1 N–H and O–H groups in total. The number of thiophene rings is 1. The molecule has 4 heteroatoms. The maximum Gasteiger partial charge on any atom is 0.150 e. The van der Waals surface area contributed by atoms with Gasteiger partial charge in [0.2, 0.25) is 0 Å². The van der Waals surface area contributed by atoms with Crippen LogP contribution in [0, 0.1) is 0 Å². The maximum absolute atomic E-state index is 10.7. The molecule has 2 aromatic heterocycles. The van der Waals surface area contributed by atoms with Crippen molar-refractivity contribution in [2.45, 2.75) is 25.5 Å². The Morgan fingerprint density at radius 2 is 2.00 bits per heavy atom. The van der Waals surface area contributed by atoms with Gasteiger partial charge in [-0.2, -0.15) is 0 Å². The zero-order valence-corrected chi connectivity index (χ0v) is 12.7. The fraction of sp³-hybridized carbons (Fsp3) is 0.235. The number of benzene rings is 1. The molecule has 1 aromatic carbocycles. The lowest BCUT2D eigenvalue weighted by Crippen LogP contribution is -2.17. The first-order valence-electron chi connectivity index (χ1n) is 7.11. The van der Waals surface area contributed by atoms with Crippen LogP contribution in [0.15, 0.2) is 60.2 Å². The fourth-order valence-electron chi connectivity index (χ4n) is 2.62. The van der Waals surface area contributed by atoms with Gasteiger partial charge in [-0.3, -0.25) is 0 Å². The second-order valence-electron chi connectivity index (χ2n) is 4.97. The molecule has 0 bridgehead atoms. The molecular formula is C17H18N2OS. The SMILES string of the molecule is CCC(C(O)c1ccccc1)n1ccnc1-c1cccs1. The van der Waals surface area contributed by atoms with Gasteiger partial charge in [0.25, 0.3) is 0 Å². The Hall–Kier alpha value is -1.91. The lowest BCUT2D eigenvalue weighted by Gasteiger charge is -2.25. The molecule has 0 saturated heterocycles. The van der Waals surface area contributed by atoms with Crippen LogP contribution in [-0.2, 0) is 0 Å². The topological polar surface area (TPSA) is 38.0 Å². The normalized spacial score (nSPS) is 14.0. The molecule has 0 saturated carbocycles. The summed E-state index contributed by atoms with van der Waals surface area (Å²) >= 11 is 1.67. The molecule has 2 heterocycles. The van der Waals surface area contributed by atoms with E-state index in [2.05, 4.69) is 22.5 Å². The molecule has 3 nitrogen and oxygen atoms in total. The Morgan fingerprint density at radius 3 is 2.67 bits per heavy atom.